The van der Waals surface area contributed by atoms with Gasteiger partial charge in [-0.1, -0.05) is 36.1 Å². The quantitative estimate of drug-likeness (QED) is 0.780. The minimum absolute atomic E-state index is 0.151. The van der Waals surface area contributed by atoms with Crippen LogP contribution in [0.4, 0.5) is 0 Å². The Kier molecular flexibility index (Phi) is 3.73. The van der Waals surface area contributed by atoms with Gasteiger partial charge in [-0.15, -0.1) is 0 Å². The van der Waals surface area contributed by atoms with E-state index in [0.717, 1.165) is 17.3 Å². The first-order chi connectivity index (χ1) is 9.58. The minimum Gasteiger partial charge on any atom is -0.497 e. The van der Waals surface area contributed by atoms with Gasteiger partial charge in [0.1, 0.15) is 14.8 Å². The van der Waals surface area contributed by atoms with Crippen LogP contribution in [0.15, 0.2) is 24.3 Å². The molecule has 106 valence electrons. The van der Waals surface area contributed by atoms with E-state index < -0.39 is 4.75 Å². The predicted octanol–water partition coefficient (Wildman–Crippen LogP) is 2.75. The number of amides is 1. The van der Waals surface area contributed by atoms with Crippen molar-refractivity contribution in [2.24, 2.45) is 0 Å². The Morgan fingerprint density at radius 1 is 1.40 bits per heavy atom. The number of carbonyl (C=O) groups is 1. The lowest BCUT2D eigenvalue weighted by molar-refractivity contribution is -0.127. The second-order valence-corrected chi connectivity index (χ2v) is 7.96. The molecule has 3 rings (SSSR count). The van der Waals surface area contributed by atoms with Gasteiger partial charge in [0.25, 0.3) is 0 Å². The second-order valence-electron chi connectivity index (χ2n) is 4.96. The Hall–Kier alpha value is -0.720. The third-order valence-corrected chi connectivity index (χ3v) is 7.24. The van der Waals surface area contributed by atoms with Crippen LogP contribution in [-0.2, 0) is 4.79 Å². The Morgan fingerprint density at radius 3 is 2.65 bits per heavy atom. The molecule has 1 spiro atoms. The maximum absolute atomic E-state index is 12.6. The molecule has 2 aliphatic heterocycles. The van der Waals surface area contributed by atoms with E-state index in [1.165, 1.54) is 5.56 Å². The smallest absolute Gasteiger partial charge is 0.245 e. The molecule has 20 heavy (non-hydrogen) atoms. The molecule has 0 unspecified atom stereocenters. The van der Waals surface area contributed by atoms with E-state index in [-0.39, 0.29) is 11.8 Å². The summed E-state index contributed by atoms with van der Waals surface area (Å²) in [6.07, 6.45) is 0. The van der Waals surface area contributed by atoms with E-state index in [1.54, 1.807) is 30.8 Å². The maximum Gasteiger partial charge on any atom is 0.245 e. The molecular weight excluding hydrogens is 310 g/mol. The number of methoxy groups -OCH3 is 1. The fraction of sp³-hybridized carbons (Fsp3) is 0.429. The lowest BCUT2D eigenvalue weighted by Gasteiger charge is -2.27. The number of benzene rings is 1. The predicted molar refractivity (Wildman–Crippen MR) is 88.8 cm³/mol. The fourth-order valence-corrected chi connectivity index (χ4v) is 6.41. The summed E-state index contributed by atoms with van der Waals surface area (Å²) in [6, 6.07) is 8.04. The van der Waals surface area contributed by atoms with Crippen LogP contribution in [0.1, 0.15) is 11.5 Å². The number of hydrogen-bond donors (Lipinski definition) is 0. The van der Waals surface area contributed by atoms with Crippen LogP contribution in [0.2, 0.25) is 0 Å². The molecule has 1 aromatic carbocycles. The summed E-state index contributed by atoms with van der Waals surface area (Å²) in [7, 11) is 3.44. The SMILES string of the molecule is COc1ccc([C@H]2CSC[C@@]23SC(=S)N(C)C3=O)cc1. The third-order valence-electron chi connectivity index (χ3n) is 3.89. The number of thioether (sulfide) groups is 2. The van der Waals surface area contributed by atoms with Crippen molar-refractivity contribution in [1.29, 1.82) is 0 Å². The average molecular weight is 325 g/mol. The van der Waals surface area contributed by atoms with Gasteiger partial charge in [-0.2, -0.15) is 11.8 Å². The highest BCUT2D eigenvalue weighted by Crippen LogP contribution is 2.54. The lowest BCUT2D eigenvalue weighted by Crippen LogP contribution is -2.42. The molecular formula is C14H15NO2S3. The molecule has 2 aliphatic rings. The van der Waals surface area contributed by atoms with Crippen molar-refractivity contribution in [2.45, 2.75) is 10.7 Å². The van der Waals surface area contributed by atoms with Crippen LogP contribution >= 0.6 is 35.7 Å². The Bertz CT molecular complexity index is 560. The van der Waals surface area contributed by atoms with E-state index >= 15 is 0 Å². The summed E-state index contributed by atoms with van der Waals surface area (Å²) in [5, 5.41) is 0. The maximum atomic E-state index is 12.6. The molecule has 0 bridgehead atoms. The molecule has 2 atom stereocenters. The molecule has 0 aliphatic carbocycles. The minimum atomic E-state index is -0.412. The summed E-state index contributed by atoms with van der Waals surface area (Å²) in [4.78, 5) is 14.3. The van der Waals surface area contributed by atoms with Crippen molar-refractivity contribution in [1.82, 2.24) is 4.90 Å². The molecule has 0 radical (unpaired) electrons. The van der Waals surface area contributed by atoms with Crippen molar-refractivity contribution in [3.05, 3.63) is 29.8 Å². The topological polar surface area (TPSA) is 29.5 Å². The van der Waals surface area contributed by atoms with Gasteiger partial charge in [0, 0.05) is 24.5 Å². The normalized spacial score (nSPS) is 29.5. The molecule has 1 aromatic rings. The number of ether oxygens (including phenoxy) is 1. The molecule has 2 heterocycles. The molecule has 2 fully saturated rings. The van der Waals surface area contributed by atoms with Crippen molar-refractivity contribution in [3.63, 3.8) is 0 Å². The van der Waals surface area contributed by atoms with Crippen molar-refractivity contribution < 1.29 is 9.53 Å². The first-order valence-electron chi connectivity index (χ1n) is 6.31. The zero-order valence-electron chi connectivity index (χ0n) is 11.3. The Balaban J connectivity index is 1.96. The van der Waals surface area contributed by atoms with Crippen molar-refractivity contribution in [2.75, 3.05) is 25.7 Å². The Labute approximate surface area is 132 Å². The summed E-state index contributed by atoms with van der Waals surface area (Å²) in [5.41, 5.74) is 1.19. The summed E-state index contributed by atoms with van der Waals surface area (Å²) < 4.78 is 5.48. The van der Waals surface area contributed by atoms with Gasteiger partial charge < -0.3 is 4.74 Å². The van der Waals surface area contributed by atoms with Crippen LogP contribution < -0.4 is 4.74 Å². The zero-order chi connectivity index (χ0) is 14.3. The molecule has 0 N–H and O–H groups in total. The van der Waals surface area contributed by atoms with Crippen LogP contribution in [0.3, 0.4) is 0 Å². The summed E-state index contributed by atoms with van der Waals surface area (Å²) in [5.74, 6) is 2.99. The van der Waals surface area contributed by atoms with Gasteiger partial charge in [0.15, 0.2) is 0 Å². The van der Waals surface area contributed by atoms with E-state index in [2.05, 4.69) is 12.1 Å². The third kappa shape index (κ3) is 2.05. The molecule has 3 nitrogen and oxygen atoms in total. The highest BCUT2D eigenvalue weighted by atomic mass is 32.2. The largest absolute Gasteiger partial charge is 0.497 e. The number of thiocarbonyl (C=S) groups is 1. The molecule has 2 saturated heterocycles. The van der Waals surface area contributed by atoms with E-state index in [1.807, 2.05) is 23.9 Å². The molecule has 0 aromatic heterocycles. The first-order valence-corrected chi connectivity index (χ1v) is 8.69. The van der Waals surface area contributed by atoms with E-state index in [0.29, 0.717) is 4.32 Å². The average Bonchev–Trinajstić information content (AvgIpc) is 2.98. The first kappa shape index (κ1) is 14.2. The lowest BCUT2D eigenvalue weighted by atomic mass is 9.87. The van der Waals surface area contributed by atoms with Crippen LogP contribution in [0, 0.1) is 0 Å². The van der Waals surface area contributed by atoms with Crippen LogP contribution in [-0.4, -0.2) is 45.5 Å². The number of carbonyl (C=O) groups excluding carboxylic acids is 1. The molecule has 6 heteroatoms. The van der Waals surface area contributed by atoms with Crippen molar-refractivity contribution in [3.8, 4) is 5.75 Å². The van der Waals surface area contributed by atoms with Crippen LogP contribution in [0.25, 0.3) is 0 Å². The molecule has 1 amide bonds. The van der Waals surface area contributed by atoms with Gasteiger partial charge in [-0.3, -0.25) is 9.69 Å². The van der Waals surface area contributed by atoms with Gasteiger partial charge >= 0.3 is 0 Å². The van der Waals surface area contributed by atoms with Gasteiger partial charge in [0.2, 0.25) is 5.91 Å². The summed E-state index contributed by atoms with van der Waals surface area (Å²) >= 11 is 8.70. The Morgan fingerprint density at radius 2 is 2.10 bits per heavy atom. The van der Waals surface area contributed by atoms with Gasteiger partial charge in [-0.25, -0.2) is 0 Å². The standard InChI is InChI=1S/C14H15NO2S3/c1-15-12(16)14(20-13(15)18)8-19-7-11(14)9-3-5-10(17-2)6-4-9/h3-6,11H,7-8H2,1-2H3/t11-,14-/m1/s1. The van der Waals surface area contributed by atoms with Crippen molar-refractivity contribution >= 4 is 46.0 Å². The highest BCUT2D eigenvalue weighted by molar-refractivity contribution is 8.25. The van der Waals surface area contributed by atoms with E-state index in [9.17, 15) is 4.79 Å². The highest BCUT2D eigenvalue weighted by Gasteiger charge is 2.57. The second kappa shape index (κ2) is 5.24. The van der Waals surface area contributed by atoms with E-state index in [4.69, 9.17) is 17.0 Å². The molecule has 0 saturated carbocycles. The number of hydrogen-bond acceptors (Lipinski definition) is 5. The van der Waals surface area contributed by atoms with Crippen LogP contribution in [0.5, 0.6) is 5.75 Å². The fourth-order valence-electron chi connectivity index (χ4n) is 2.71. The zero-order valence-corrected chi connectivity index (χ0v) is 13.7. The number of nitrogens with zero attached hydrogens (tertiary/aromatic N) is 1. The summed E-state index contributed by atoms with van der Waals surface area (Å²) in [6.45, 7) is 0. The van der Waals surface area contributed by atoms with Gasteiger partial charge in [-0.05, 0) is 17.7 Å². The van der Waals surface area contributed by atoms with Gasteiger partial charge in [0.05, 0.1) is 7.11 Å². The monoisotopic (exact) mass is 325 g/mol. The number of rotatable bonds is 2.